The lowest BCUT2D eigenvalue weighted by Crippen LogP contribution is -2.51. The highest BCUT2D eigenvalue weighted by Crippen LogP contribution is 2.36. The quantitative estimate of drug-likeness (QED) is 0.0619. The number of halogens is 1. The summed E-state index contributed by atoms with van der Waals surface area (Å²) in [5, 5.41) is 20.1. The number of benzene rings is 1. The van der Waals surface area contributed by atoms with Crippen LogP contribution in [0.2, 0.25) is 5.02 Å². The van der Waals surface area contributed by atoms with Gasteiger partial charge in [-0.2, -0.15) is 0 Å². The zero-order valence-electron chi connectivity index (χ0n) is 39.0. The molecule has 1 N–H and O–H groups in total. The van der Waals surface area contributed by atoms with Crippen LogP contribution in [0.25, 0.3) is 11.1 Å². The van der Waals surface area contributed by atoms with E-state index in [4.69, 9.17) is 64.1 Å². The van der Waals surface area contributed by atoms with Crippen LogP contribution in [0.3, 0.4) is 0 Å². The van der Waals surface area contributed by atoms with E-state index >= 15 is 0 Å². The Morgan fingerprint density at radius 1 is 0.758 bits per heavy atom. The molecule has 1 aliphatic heterocycles. The molecule has 2 aliphatic rings. The van der Waals surface area contributed by atoms with Gasteiger partial charge in [0.15, 0.2) is 0 Å². The van der Waals surface area contributed by atoms with Crippen LogP contribution in [-0.4, -0.2) is 182 Å². The molecule has 3 atom stereocenters. The molecule has 0 unspecified atom stereocenters. The first kappa shape index (κ1) is 51.3. The molecule has 21 heteroatoms. The van der Waals surface area contributed by atoms with Gasteiger partial charge < -0.3 is 52.7 Å². The largest absolute Gasteiger partial charge is 0.487 e. The minimum Gasteiger partial charge on any atom is -0.487 e. The highest BCUT2D eigenvalue weighted by atomic mass is 35.5. The number of hydrogen-bond donors (Lipinski definition) is 1. The Bertz CT molecular complexity index is 1900. The van der Waals surface area contributed by atoms with E-state index in [1.54, 1.807) is 36.6 Å². The number of hydrogen-bond acceptors (Lipinski definition) is 18. The molecular formula is C45H69ClN10O10. The second-order valence-electron chi connectivity index (χ2n) is 16.4. The number of nitrogens with one attached hydrogen (secondary N) is 1. The van der Waals surface area contributed by atoms with Gasteiger partial charge in [0.1, 0.15) is 23.9 Å². The van der Waals surface area contributed by atoms with Crippen LogP contribution < -0.4 is 14.8 Å². The van der Waals surface area contributed by atoms with E-state index in [-0.39, 0.29) is 24.4 Å². The molecule has 3 aromatic heterocycles. The number of ether oxygens (including phenoxy) is 10. The number of methoxy groups -OCH3 is 1. The van der Waals surface area contributed by atoms with Crippen molar-refractivity contribution in [3.8, 4) is 22.8 Å². The topological polar surface area (TPSA) is 195 Å². The summed E-state index contributed by atoms with van der Waals surface area (Å²) in [5.41, 5.74) is 2.36. The Hall–Kier alpha value is -4.09. The van der Waals surface area contributed by atoms with Gasteiger partial charge in [-0.05, 0) is 74.6 Å². The van der Waals surface area contributed by atoms with Crippen molar-refractivity contribution in [2.24, 2.45) is 0 Å². The van der Waals surface area contributed by atoms with Gasteiger partial charge in [-0.1, -0.05) is 17.7 Å². The molecule has 0 bridgehead atoms. The smallest absolute Gasteiger partial charge is 0.256 e. The lowest BCUT2D eigenvalue weighted by atomic mass is 9.89. The van der Waals surface area contributed by atoms with Crippen molar-refractivity contribution in [2.75, 3.05) is 118 Å². The van der Waals surface area contributed by atoms with Gasteiger partial charge in [0.05, 0.1) is 122 Å². The Kier molecular flexibility index (Phi) is 22.5. The second kappa shape index (κ2) is 28.9. The van der Waals surface area contributed by atoms with Crippen LogP contribution in [0.5, 0.6) is 11.6 Å². The first-order valence-electron chi connectivity index (χ1n) is 23.2. The molecule has 0 amide bonds. The third-order valence-corrected chi connectivity index (χ3v) is 11.3. The van der Waals surface area contributed by atoms with E-state index in [0.29, 0.717) is 140 Å². The van der Waals surface area contributed by atoms with Gasteiger partial charge in [-0.25, -0.2) is 14.6 Å². The van der Waals surface area contributed by atoms with Crippen LogP contribution in [0.4, 0.5) is 11.6 Å². The van der Waals surface area contributed by atoms with Crippen LogP contribution in [0, 0.1) is 0 Å². The van der Waals surface area contributed by atoms with E-state index < -0.39 is 0 Å². The van der Waals surface area contributed by atoms with Gasteiger partial charge in [0.25, 0.3) is 5.88 Å². The van der Waals surface area contributed by atoms with Crippen molar-refractivity contribution < 1.29 is 47.4 Å². The van der Waals surface area contributed by atoms with Crippen molar-refractivity contribution in [1.82, 2.24) is 44.9 Å². The van der Waals surface area contributed by atoms with E-state index in [0.717, 1.165) is 49.9 Å². The Labute approximate surface area is 393 Å². The van der Waals surface area contributed by atoms with Gasteiger partial charge in [-0.3, -0.25) is 9.58 Å². The summed E-state index contributed by atoms with van der Waals surface area (Å²) < 4.78 is 60.4. The first-order chi connectivity index (χ1) is 32.3. The van der Waals surface area contributed by atoms with Crippen molar-refractivity contribution in [3.63, 3.8) is 0 Å². The molecule has 366 valence electrons. The second-order valence-corrected chi connectivity index (χ2v) is 16.8. The van der Waals surface area contributed by atoms with Crippen molar-refractivity contribution >= 4 is 23.2 Å². The predicted molar refractivity (Wildman–Crippen MR) is 246 cm³/mol. The highest BCUT2D eigenvalue weighted by Gasteiger charge is 2.32. The van der Waals surface area contributed by atoms with Crippen LogP contribution in [-0.2, 0) is 44.4 Å². The Morgan fingerprint density at radius 3 is 1.94 bits per heavy atom. The van der Waals surface area contributed by atoms with E-state index in [2.05, 4.69) is 49.6 Å². The fourth-order valence-electron chi connectivity index (χ4n) is 7.85. The molecule has 4 heterocycles. The highest BCUT2D eigenvalue weighted by molar-refractivity contribution is 6.32. The summed E-state index contributed by atoms with van der Waals surface area (Å²) in [5.74, 6) is 1.46. The molecule has 4 aromatic rings. The summed E-state index contributed by atoms with van der Waals surface area (Å²) in [6.45, 7) is 15.8. The average Bonchev–Trinajstić information content (AvgIpc) is 3.98. The molecule has 1 aromatic carbocycles. The summed E-state index contributed by atoms with van der Waals surface area (Å²) in [6, 6.07) is 6.40. The molecule has 1 saturated carbocycles. The maximum atomic E-state index is 6.51. The van der Waals surface area contributed by atoms with Crippen molar-refractivity contribution in [2.45, 2.75) is 89.8 Å². The van der Waals surface area contributed by atoms with Crippen LogP contribution in [0.15, 0.2) is 43.1 Å². The number of aromatic nitrogens is 8. The molecule has 0 spiro atoms. The molecule has 2 fully saturated rings. The zero-order chi connectivity index (χ0) is 46.2. The van der Waals surface area contributed by atoms with E-state index in [1.165, 1.54) is 0 Å². The van der Waals surface area contributed by atoms with Gasteiger partial charge in [0, 0.05) is 57.2 Å². The molecule has 20 nitrogen and oxygen atoms in total. The number of nitrogens with zero attached hydrogens (tertiary/aromatic N) is 9. The molecule has 0 radical (unpaired) electrons. The lowest BCUT2D eigenvalue weighted by Gasteiger charge is -2.42. The number of tetrazole rings is 1. The standard InChI is InChI=1S/C45H69ClN10O10/c1-34-29-54(30-35(2)65-34)39-7-9-40(10-8-39)56-32-42(50-45-47-27-38(28-48-45)37-6-11-41(46)43(26-37)66-36(3)31-55-33-49-52-53-55)44(51-56)64-13-5-12-58-16-17-60-20-21-62-24-25-63-23-22-61-19-18-59-15-14-57-4/h6,11,26-28,32-36,39-40H,5,7-10,12-25,29-31H2,1-4H3,(H,47,48,50)/t34-,35+,36-,39-,40-/m0/s1. The Morgan fingerprint density at radius 2 is 1.35 bits per heavy atom. The predicted octanol–water partition coefficient (Wildman–Crippen LogP) is 5.30. The van der Waals surface area contributed by atoms with Crippen LogP contribution in [0.1, 0.15) is 58.9 Å². The lowest BCUT2D eigenvalue weighted by molar-refractivity contribution is -0.0852. The summed E-state index contributed by atoms with van der Waals surface area (Å²) >= 11 is 6.51. The fraction of sp³-hybridized carbons (Fsp3) is 0.689. The Balaban J connectivity index is 0.925. The maximum absolute atomic E-state index is 6.51. The minimum absolute atomic E-state index is 0.226. The fourth-order valence-corrected chi connectivity index (χ4v) is 8.01. The number of morpholine rings is 1. The number of anilines is 2. The van der Waals surface area contributed by atoms with Crippen LogP contribution >= 0.6 is 11.6 Å². The monoisotopic (exact) mass is 944 g/mol. The van der Waals surface area contributed by atoms with Gasteiger partial charge in [0.2, 0.25) is 5.95 Å². The minimum atomic E-state index is -0.226. The van der Waals surface area contributed by atoms with Gasteiger partial charge >= 0.3 is 0 Å². The zero-order valence-corrected chi connectivity index (χ0v) is 39.7. The number of rotatable bonds is 32. The third kappa shape index (κ3) is 17.9. The molecule has 1 saturated heterocycles. The third-order valence-electron chi connectivity index (χ3n) is 11.0. The molecular weight excluding hydrogens is 876 g/mol. The van der Waals surface area contributed by atoms with Crippen molar-refractivity contribution in [1.29, 1.82) is 0 Å². The molecule has 6 rings (SSSR count). The average molecular weight is 946 g/mol. The maximum Gasteiger partial charge on any atom is 0.256 e. The van der Waals surface area contributed by atoms with Gasteiger partial charge in [-0.15, -0.1) is 10.2 Å². The summed E-state index contributed by atoms with van der Waals surface area (Å²) in [6.07, 6.45) is 12.3. The van der Waals surface area contributed by atoms with Crippen molar-refractivity contribution in [3.05, 3.63) is 48.1 Å². The summed E-state index contributed by atoms with van der Waals surface area (Å²) in [7, 11) is 1.65. The molecule has 66 heavy (non-hydrogen) atoms. The first-order valence-corrected chi connectivity index (χ1v) is 23.6. The van der Waals surface area contributed by atoms with E-state index in [9.17, 15) is 0 Å². The van der Waals surface area contributed by atoms with E-state index in [1.807, 2.05) is 29.9 Å². The summed E-state index contributed by atoms with van der Waals surface area (Å²) in [4.78, 5) is 11.9. The normalized spacial score (nSPS) is 19.5. The molecule has 1 aliphatic carbocycles. The SMILES string of the molecule is COCCOCCOCCOCCOCCOCCOCCCOc1nn([C@H]2CC[C@H](N3C[C@@H](C)O[C@@H](C)C3)CC2)cc1Nc1ncc(-c2ccc(Cl)c(O[C@@H](C)Cn3cnnn3)c2)cn1.